The second-order valence-corrected chi connectivity index (χ2v) is 9.02. The molecular weight excluding hydrogens is 352 g/mol. The van der Waals surface area contributed by atoms with Crippen molar-refractivity contribution in [3.8, 4) is 0 Å². The van der Waals surface area contributed by atoms with Crippen molar-refractivity contribution in [2.75, 3.05) is 6.61 Å². The minimum atomic E-state index is -1.44. The number of rotatable bonds is 1. The van der Waals surface area contributed by atoms with Crippen molar-refractivity contribution in [2.24, 2.45) is 23.2 Å². The Kier molecular flexibility index (Phi) is 4.06. The van der Waals surface area contributed by atoms with Gasteiger partial charge in [0.15, 0.2) is 11.6 Å². The number of hydrogen-bond acceptors (Lipinski definition) is 6. The number of carboxylic acid groups (broad SMARTS) is 1. The number of ketones is 2. The van der Waals surface area contributed by atoms with E-state index in [0.717, 1.165) is 6.42 Å². The third kappa shape index (κ3) is 2.44. The number of aliphatic hydroxyl groups excluding tert-OH is 1. The zero-order valence-electron chi connectivity index (χ0n) is 15.9. The number of carbonyl (C=O) groups is 3. The molecule has 0 amide bonds. The first-order valence-electron chi connectivity index (χ1n) is 9.59. The first-order chi connectivity index (χ1) is 12.6. The molecule has 3 fully saturated rings. The van der Waals surface area contributed by atoms with Crippen LogP contribution in [-0.4, -0.2) is 52.4 Å². The van der Waals surface area contributed by atoms with Crippen molar-refractivity contribution in [2.45, 2.75) is 64.3 Å². The van der Waals surface area contributed by atoms with Crippen molar-refractivity contribution in [3.05, 3.63) is 11.1 Å². The van der Waals surface area contributed by atoms with E-state index >= 15 is 0 Å². The zero-order chi connectivity index (χ0) is 19.7. The fourth-order valence-corrected chi connectivity index (χ4v) is 5.99. The highest BCUT2D eigenvalue weighted by molar-refractivity contribution is 6.01. The summed E-state index contributed by atoms with van der Waals surface area (Å²) in [5.74, 6) is -0.923. The zero-order valence-corrected chi connectivity index (χ0v) is 15.9. The molecule has 6 atom stereocenters. The fraction of sp³-hybridized carbons (Fsp3) is 0.750. The van der Waals surface area contributed by atoms with Gasteiger partial charge in [-0.05, 0) is 43.3 Å². The molecule has 1 heterocycles. The van der Waals surface area contributed by atoms with Gasteiger partial charge >= 0.3 is 6.16 Å². The molecule has 2 N–H and O–H groups in total. The summed E-state index contributed by atoms with van der Waals surface area (Å²) in [6.45, 7) is 5.68. The van der Waals surface area contributed by atoms with E-state index < -0.39 is 23.3 Å². The summed E-state index contributed by atoms with van der Waals surface area (Å²) < 4.78 is 11.1. The number of allylic oxidation sites excluding steroid dienone is 1. The van der Waals surface area contributed by atoms with Gasteiger partial charge in [-0.1, -0.05) is 13.8 Å². The highest BCUT2D eigenvalue weighted by Crippen LogP contribution is 2.58. The van der Waals surface area contributed by atoms with Gasteiger partial charge in [0.05, 0.1) is 19.1 Å². The van der Waals surface area contributed by atoms with Gasteiger partial charge in [0, 0.05) is 17.3 Å². The second kappa shape index (κ2) is 5.88. The highest BCUT2D eigenvalue weighted by atomic mass is 16.7. The van der Waals surface area contributed by atoms with E-state index in [-0.39, 0.29) is 41.8 Å². The maximum Gasteiger partial charge on any atom is 0.506 e. The number of hydrogen-bond donors (Lipinski definition) is 2. The Morgan fingerprint density at radius 1 is 1.22 bits per heavy atom. The molecule has 148 valence electrons. The minimum Gasteiger partial charge on any atom is -0.450 e. The van der Waals surface area contributed by atoms with Crippen molar-refractivity contribution in [1.29, 1.82) is 0 Å². The van der Waals surface area contributed by atoms with E-state index in [1.807, 2.05) is 0 Å². The SMILES string of the molecule is CC1=C2C(O)C(=O)C3CCC4OCC4C3CC(OC(=O)O)(CC1=O)C2(C)C. The lowest BCUT2D eigenvalue weighted by atomic mass is 9.51. The van der Waals surface area contributed by atoms with Crippen LogP contribution in [0.5, 0.6) is 0 Å². The maximum atomic E-state index is 13.2. The van der Waals surface area contributed by atoms with E-state index in [9.17, 15) is 24.6 Å². The van der Waals surface area contributed by atoms with Crippen LogP contribution >= 0.6 is 0 Å². The van der Waals surface area contributed by atoms with E-state index in [0.29, 0.717) is 30.6 Å². The normalized spacial score (nSPS) is 43.0. The molecule has 0 aromatic rings. The van der Waals surface area contributed by atoms with E-state index in [1.165, 1.54) is 0 Å². The molecular formula is C20H26O7. The van der Waals surface area contributed by atoms with Crippen LogP contribution in [-0.2, 0) is 19.1 Å². The van der Waals surface area contributed by atoms with Crippen LogP contribution in [0.15, 0.2) is 11.1 Å². The van der Waals surface area contributed by atoms with Crippen molar-refractivity contribution < 1.29 is 34.1 Å². The molecule has 1 saturated heterocycles. The van der Waals surface area contributed by atoms with Crippen LogP contribution in [0.4, 0.5) is 4.79 Å². The maximum absolute atomic E-state index is 13.2. The first kappa shape index (κ1) is 18.6. The Balaban J connectivity index is 1.90. The van der Waals surface area contributed by atoms with Crippen LogP contribution in [0.2, 0.25) is 0 Å². The Bertz CT molecular complexity index is 751. The van der Waals surface area contributed by atoms with Gasteiger partial charge in [-0.3, -0.25) is 9.59 Å². The highest BCUT2D eigenvalue weighted by Gasteiger charge is 2.63. The van der Waals surface area contributed by atoms with Crippen LogP contribution < -0.4 is 0 Å². The largest absolute Gasteiger partial charge is 0.506 e. The number of aliphatic hydroxyl groups is 1. The summed E-state index contributed by atoms with van der Waals surface area (Å²) in [7, 11) is 0. The van der Waals surface area contributed by atoms with Gasteiger partial charge in [0.25, 0.3) is 0 Å². The molecule has 0 spiro atoms. The van der Waals surface area contributed by atoms with E-state index in [1.54, 1.807) is 20.8 Å². The summed E-state index contributed by atoms with van der Waals surface area (Å²) in [6, 6.07) is 0. The predicted octanol–water partition coefficient (Wildman–Crippen LogP) is 2.11. The van der Waals surface area contributed by atoms with Gasteiger partial charge in [-0.15, -0.1) is 0 Å². The van der Waals surface area contributed by atoms with E-state index in [2.05, 4.69) is 0 Å². The summed E-state index contributed by atoms with van der Waals surface area (Å²) in [5, 5.41) is 20.4. The number of ether oxygens (including phenoxy) is 2. The molecule has 7 nitrogen and oxygen atoms in total. The second-order valence-electron chi connectivity index (χ2n) is 9.02. The monoisotopic (exact) mass is 378 g/mol. The standard InChI is InChI=1S/C20H26O7/c1-9-13(21)7-20(27-18(24)25)6-11-10(4-5-14-12(11)8-26-14)16(22)17(23)15(9)19(20,2)3/h10-12,14,17,23H,4-8H2,1-3H3,(H,24,25). The number of fused-ring (bicyclic) bond motifs is 5. The number of carbonyl (C=O) groups excluding carboxylic acids is 2. The summed E-state index contributed by atoms with van der Waals surface area (Å²) in [4.78, 5) is 37.5. The molecule has 0 radical (unpaired) electrons. The van der Waals surface area contributed by atoms with Gasteiger partial charge in [0.1, 0.15) is 11.7 Å². The Morgan fingerprint density at radius 3 is 2.52 bits per heavy atom. The van der Waals surface area contributed by atoms with Crippen molar-refractivity contribution in [3.63, 3.8) is 0 Å². The van der Waals surface area contributed by atoms with Crippen molar-refractivity contribution in [1.82, 2.24) is 0 Å². The molecule has 2 bridgehead atoms. The molecule has 0 aromatic heterocycles. The third-order valence-corrected chi connectivity index (χ3v) is 7.65. The predicted molar refractivity (Wildman–Crippen MR) is 93.0 cm³/mol. The van der Waals surface area contributed by atoms with Gasteiger partial charge < -0.3 is 19.7 Å². The van der Waals surface area contributed by atoms with Gasteiger partial charge in [-0.25, -0.2) is 4.79 Å². The lowest BCUT2D eigenvalue weighted by Gasteiger charge is -2.57. The van der Waals surface area contributed by atoms with Crippen LogP contribution in [0.25, 0.3) is 0 Å². The molecule has 4 aliphatic rings. The summed E-state index contributed by atoms with van der Waals surface area (Å²) >= 11 is 0. The van der Waals surface area contributed by atoms with Gasteiger partial charge in [-0.2, -0.15) is 0 Å². The Morgan fingerprint density at radius 2 is 1.93 bits per heavy atom. The Labute approximate surface area is 157 Å². The summed E-state index contributed by atoms with van der Waals surface area (Å²) in [5.41, 5.74) is -1.60. The van der Waals surface area contributed by atoms with Crippen LogP contribution in [0.1, 0.15) is 46.5 Å². The molecule has 0 aromatic carbocycles. The lowest BCUT2D eigenvalue weighted by molar-refractivity contribution is -0.200. The minimum absolute atomic E-state index is 0.0655. The molecule has 27 heavy (non-hydrogen) atoms. The molecule has 3 aliphatic carbocycles. The molecule has 1 aliphatic heterocycles. The average Bonchev–Trinajstić information content (AvgIpc) is 2.52. The van der Waals surface area contributed by atoms with Crippen molar-refractivity contribution >= 4 is 17.7 Å². The summed E-state index contributed by atoms with van der Waals surface area (Å²) in [6.07, 6.45) is -1.19. The number of Topliss-reactive ketones (excluding diaryl/α,β-unsaturated/α-hetero) is 2. The van der Waals surface area contributed by atoms with E-state index in [4.69, 9.17) is 9.47 Å². The van der Waals surface area contributed by atoms with Crippen LogP contribution in [0.3, 0.4) is 0 Å². The quantitative estimate of drug-likeness (QED) is 0.672. The molecule has 2 saturated carbocycles. The molecule has 6 unspecified atom stereocenters. The van der Waals surface area contributed by atoms with Gasteiger partial charge in [0.2, 0.25) is 0 Å². The fourth-order valence-electron chi connectivity index (χ4n) is 5.99. The van der Waals surface area contributed by atoms with Crippen LogP contribution in [0, 0.1) is 23.2 Å². The first-order valence-corrected chi connectivity index (χ1v) is 9.59. The molecule has 7 heteroatoms. The smallest absolute Gasteiger partial charge is 0.450 e. The third-order valence-electron chi connectivity index (χ3n) is 7.65. The molecule has 4 rings (SSSR count). The Hall–Kier alpha value is -1.73. The lowest BCUT2D eigenvalue weighted by Crippen LogP contribution is -2.63. The average molecular weight is 378 g/mol. The topological polar surface area (TPSA) is 110 Å².